The van der Waals surface area contributed by atoms with Crippen LogP contribution in [0.2, 0.25) is 0 Å². The largest absolute Gasteiger partial charge is 0.462 e. The maximum atomic E-state index is 12.8. The number of carbonyl (C=O) groups excluding carboxylic acids is 3. The Labute approximate surface area is 428 Å². The molecule has 0 radical (unpaired) electrons. The molecule has 0 heterocycles. The second-order valence-electron chi connectivity index (χ2n) is 19.9. The maximum Gasteiger partial charge on any atom is 0.306 e. The van der Waals surface area contributed by atoms with Crippen LogP contribution in [0.25, 0.3) is 0 Å². The van der Waals surface area contributed by atoms with Crippen molar-refractivity contribution in [2.75, 3.05) is 13.2 Å². The predicted octanol–water partition coefficient (Wildman–Crippen LogP) is 20.0. The number of unbranched alkanes of at least 4 members (excludes halogenated alkanes) is 33. The minimum Gasteiger partial charge on any atom is -0.462 e. The predicted molar refractivity (Wildman–Crippen MR) is 298 cm³/mol. The lowest BCUT2D eigenvalue weighted by Gasteiger charge is -2.18. The van der Waals surface area contributed by atoms with Gasteiger partial charge in [0.05, 0.1) is 0 Å². The normalized spacial score (nSPS) is 12.4. The summed E-state index contributed by atoms with van der Waals surface area (Å²) in [6.45, 7) is 6.60. The van der Waals surface area contributed by atoms with Crippen molar-refractivity contribution in [3.8, 4) is 0 Å². The zero-order chi connectivity index (χ0) is 50.0. The molecule has 0 aliphatic rings. The van der Waals surface area contributed by atoms with Crippen LogP contribution in [0.5, 0.6) is 0 Å². The molecule has 0 aliphatic heterocycles. The molecule has 1 unspecified atom stereocenters. The van der Waals surface area contributed by atoms with Gasteiger partial charge < -0.3 is 14.2 Å². The van der Waals surface area contributed by atoms with E-state index in [2.05, 4.69) is 81.5 Å². The Morgan fingerprint density at radius 3 is 0.855 bits per heavy atom. The lowest BCUT2D eigenvalue weighted by Crippen LogP contribution is -2.30. The van der Waals surface area contributed by atoms with Crippen LogP contribution in [-0.4, -0.2) is 37.2 Å². The van der Waals surface area contributed by atoms with Gasteiger partial charge in [0.2, 0.25) is 0 Å². The second kappa shape index (κ2) is 57.7. The Bertz CT molecular complexity index is 1250. The molecule has 0 aromatic heterocycles. The van der Waals surface area contributed by atoms with Crippen LogP contribution in [0, 0.1) is 0 Å². The molecule has 69 heavy (non-hydrogen) atoms. The average Bonchev–Trinajstić information content (AvgIpc) is 3.35. The first-order chi connectivity index (χ1) is 34.0. The van der Waals surface area contributed by atoms with Crippen LogP contribution in [-0.2, 0) is 28.6 Å². The molecule has 0 fully saturated rings. The van der Waals surface area contributed by atoms with E-state index in [1.807, 2.05) is 0 Å². The Morgan fingerprint density at radius 2 is 0.522 bits per heavy atom. The van der Waals surface area contributed by atoms with E-state index in [1.165, 1.54) is 173 Å². The molecule has 0 aromatic carbocycles. The quantitative estimate of drug-likeness (QED) is 0.0262. The van der Waals surface area contributed by atoms with Gasteiger partial charge in [-0.2, -0.15) is 0 Å². The lowest BCUT2D eigenvalue weighted by molar-refractivity contribution is -0.167. The summed E-state index contributed by atoms with van der Waals surface area (Å²) in [4.78, 5) is 38.1. The zero-order valence-corrected chi connectivity index (χ0v) is 45.8. The third-order valence-corrected chi connectivity index (χ3v) is 13.0. The van der Waals surface area contributed by atoms with E-state index in [9.17, 15) is 14.4 Å². The first-order valence-electron chi connectivity index (χ1n) is 29.8. The fraction of sp³-hybridized carbons (Fsp3) is 0.794. The minimum atomic E-state index is -0.783. The minimum absolute atomic E-state index is 0.0811. The van der Waals surface area contributed by atoms with Crippen molar-refractivity contribution < 1.29 is 28.6 Å². The van der Waals surface area contributed by atoms with Gasteiger partial charge in [-0.25, -0.2) is 0 Å². The number of hydrogen-bond acceptors (Lipinski definition) is 6. The van der Waals surface area contributed by atoms with E-state index in [0.29, 0.717) is 19.3 Å². The van der Waals surface area contributed by atoms with Gasteiger partial charge in [-0.3, -0.25) is 14.4 Å². The Kier molecular flexibility index (Phi) is 55.3. The summed E-state index contributed by atoms with van der Waals surface area (Å²) in [5.74, 6) is -0.893. The third-order valence-electron chi connectivity index (χ3n) is 13.0. The fourth-order valence-corrected chi connectivity index (χ4v) is 8.44. The second-order valence-corrected chi connectivity index (χ2v) is 19.9. The monoisotopic (exact) mass is 965 g/mol. The van der Waals surface area contributed by atoms with Crippen LogP contribution in [0.1, 0.15) is 303 Å². The van der Waals surface area contributed by atoms with Gasteiger partial charge in [0, 0.05) is 19.3 Å². The Balaban J connectivity index is 4.27. The number of rotatable bonds is 54. The highest BCUT2D eigenvalue weighted by atomic mass is 16.6. The van der Waals surface area contributed by atoms with Crippen molar-refractivity contribution in [2.45, 2.75) is 309 Å². The van der Waals surface area contributed by atoms with Crippen LogP contribution in [0.4, 0.5) is 0 Å². The molecule has 1 atom stereocenters. The van der Waals surface area contributed by atoms with Crippen molar-refractivity contribution in [1.82, 2.24) is 0 Å². The number of allylic oxidation sites excluding steroid dienone is 10. The molecule has 6 heteroatoms. The highest BCUT2D eigenvalue weighted by Crippen LogP contribution is 2.15. The van der Waals surface area contributed by atoms with Gasteiger partial charge in [0.25, 0.3) is 0 Å². The van der Waals surface area contributed by atoms with E-state index in [0.717, 1.165) is 89.9 Å². The van der Waals surface area contributed by atoms with E-state index >= 15 is 0 Å². The molecule has 400 valence electrons. The molecule has 0 spiro atoms. The number of ether oxygens (including phenoxy) is 3. The average molecular weight is 966 g/mol. The molecule has 0 aromatic rings. The summed E-state index contributed by atoms with van der Waals surface area (Å²) < 4.78 is 16.8. The Morgan fingerprint density at radius 1 is 0.290 bits per heavy atom. The molecule has 0 N–H and O–H groups in total. The topological polar surface area (TPSA) is 78.9 Å². The third kappa shape index (κ3) is 55.9. The molecule has 6 nitrogen and oxygen atoms in total. The first kappa shape index (κ1) is 66.1. The summed E-state index contributed by atoms with van der Waals surface area (Å²) in [6.07, 6.45) is 72.2. The van der Waals surface area contributed by atoms with Crippen molar-refractivity contribution in [3.63, 3.8) is 0 Å². The highest BCUT2D eigenvalue weighted by Gasteiger charge is 2.19. The van der Waals surface area contributed by atoms with Gasteiger partial charge in [-0.1, -0.05) is 236 Å². The molecule has 0 saturated carbocycles. The maximum absolute atomic E-state index is 12.8. The van der Waals surface area contributed by atoms with E-state index in [-0.39, 0.29) is 31.1 Å². The summed E-state index contributed by atoms with van der Waals surface area (Å²) in [6, 6.07) is 0. The molecule has 0 amide bonds. The van der Waals surface area contributed by atoms with Crippen molar-refractivity contribution >= 4 is 17.9 Å². The van der Waals surface area contributed by atoms with Crippen molar-refractivity contribution in [2.24, 2.45) is 0 Å². The smallest absolute Gasteiger partial charge is 0.306 e. The summed E-state index contributed by atoms with van der Waals surface area (Å²) >= 11 is 0. The van der Waals surface area contributed by atoms with Gasteiger partial charge in [-0.15, -0.1) is 0 Å². The first-order valence-corrected chi connectivity index (χ1v) is 29.8. The summed E-state index contributed by atoms with van der Waals surface area (Å²) in [7, 11) is 0. The van der Waals surface area contributed by atoms with Crippen LogP contribution < -0.4 is 0 Å². The SMILES string of the molecule is CCCCC/C=C\CCCCCCCC(=O)OCC(COC(=O)CCCCCCCCCCCC/C=C\C/C=C\C/C=C\CCCCCCC)OC(=O)CCCCCCC/C=C\CCCCCCC. The summed E-state index contributed by atoms with van der Waals surface area (Å²) in [5, 5.41) is 0. The highest BCUT2D eigenvalue weighted by molar-refractivity contribution is 5.71. The molecule has 0 aliphatic carbocycles. The Hall–Kier alpha value is -2.89. The zero-order valence-electron chi connectivity index (χ0n) is 45.8. The van der Waals surface area contributed by atoms with Crippen LogP contribution >= 0.6 is 0 Å². The number of hydrogen-bond donors (Lipinski definition) is 0. The van der Waals surface area contributed by atoms with Crippen molar-refractivity contribution in [3.05, 3.63) is 60.8 Å². The number of carbonyl (C=O) groups is 3. The molecular weight excluding hydrogens is 853 g/mol. The van der Waals surface area contributed by atoms with Crippen molar-refractivity contribution in [1.29, 1.82) is 0 Å². The van der Waals surface area contributed by atoms with Crippen LogP contribution in [0.3, 0.4) is 0 Å². The van der Waals surface area contributed by atoms with Gasteiger partial charge in [-0.05, 0) is 109 Å². The fourth-order valence-electron chi connectivity index (χ4n) is 8.44. The van der Waals surface area contributed by atoms with E-state index < -0.39 is 6.10 Å². The van der Waals surface area contributed by atoms with E-state index in [4.69, 9.17) is 14.2 Å². The molecule has 0 saturated heterocycles. The summed E-state index contributed by atoms with van der Waals surface area (Å²) in [5.41, 5.74) is 0. The van der Waals surface area contributed by atoms with E-state index in [1.54, 1.807) is 0 Å². The van der Waals surface area contributed by atoms with Crippen LogP contribution in [0.15, 0.2) is 60.8 Å². The molecule has 0 bridgehead atoms. The number of esters is 3. The van der Waals surface area contributed by atoms with Gasteiger partial charge >= 0.3 is 17.9 Å². The molecule has 0 rings (SSSR count). The molecular formula is C63H112O6. The lowest BCUT2D eigenvalue weighted by atomic mass is 10.1. The van der Waals surface area contributed by atoms with Gasteiger partial charge in [0.15, 0.2) is 6.10 Å². The standard InChI is InChI=1S/C63H112O6/c1-4-7-10-13-16-19-22-25-27-28-29-30-31-32-33-34-35-36-37-39-41-44-47-50-53-56-62(65)68-59-60(58-67-61(64)55-52-49-46-43-40-24-21-18-15-12-9-6-3)69-63(66)57-54-51-48-45-42-38-26-23-20-17-14-11-8-5-2/h18,21-23,25-26,28-29,31-32,60H,4-17,19-20,24,27,30,33-59H2,1-3H3/b21-18-,25-22-,26-23-,29-28-,32-31-. The van der Waals surface area contributed by atoms with Gasteiger partial charge in [0.1, 0.15) is 13.2 Å².